The van der Waals surface area contributed by atoms with Crippen molar-refractivity contribution in [2.45, 2.75) is 57.8 Å². The topological polar surface area (TPSA) is 69.2 Å². The van der Waals surface area contributed by atoms with E-state index in [1.165, 1.54) is 38.5 Å². The molecule has 5 rings (SSSR count). The van der Waals surface area contributed by atoms with E-state index in [0.717, 1.165) is 29.7 Å². The van der Waals surface area contributed by atoms with Crippen molar-refractivity contribution in [3.05, 3.63) is 34.9 Å². The van der Waals surface area contributed by atoms with Crippen LogP contribution < -0.4 is 10.4 Å². The van der Waals surface area contributed by atoms with Crippen molar-refractivity contribution in [2.24, 2.45) is 29.1 Å². The number of carbonyl (C=O) groups is 2. The van der Waals surface area contributed by atoms with Crippen LogP contribution in [0.5, 0.6) is 0 Å². The number of halogens is 1. The van der Waals surface area contributed by atoms with Crippen LogP contribution in [-0.4, -0.2) is 18.4 Å². The number of rotatable bonds is 8. The molecule has 4 aliphatic rings. The number of carboxylic acids is 1. The van der Waals surface area contributed by atoms with Crippen LogP contribution >= 0.6 is 11.6 Å². The van der Waals surface area contributed by atoms with Crippen LogP contribution in [0.2, 0.25) is 5.02 Å². The molecule has 0 heterocycles. The standard InChI is InChI=1S/C23H30ClNO3/c24-20-3-1-15(2-4-20)10-19(11-21(26)27)22(28)25-6-5-23-12-16-7-17(13-23)9-18(8-16)14-23/h1-4,16-19H,5-14H2,(H,25,28)(H,26,27)/p-1/t16?,17?,18?,19-,23?/m0/s1. The Hall–Kier alpha value is -1.55. The summed E-state index contributed by atoms with van der Waals surface area (Å²) < 4.78 is 0. The molecule has 0 spiro atoms. The number of nitrogens with one attached hydrogen (secondary N) is 1. The maximum atomic E-state index is 12.7. The first-order chi connectivity index (χ1) is 13.4. The van der Waals surface area contributed by atoms with Gasteiger partial charge in [-0.2, -0.15) is 0 Å². The van der Waals surface area contributed by atoms with Crippen molar-refractivity contribution in [3.63, 3.8) is 0 Å². The molecule has 4 saturated carbocycles. The summed E-state index contributed by atoms with van der Waals surface area (Å²) in [6.45, 7) is 0.648. The maximum Gasteiger partial charge on any atom is 0.223 e. The van der Waals surface area contributed by atoms with E-state index in [-0.39, 0.29) is 12.3 Å². The van der Waals surface area contributed by atoms with Crippen LogP contribution in [-0.2, 0) is 16.0 Å². The Labute approximate surface area is 172 Å². The van der Waals surface area contributed by atoms with E-state index in [0.29, 0.717) is 23.4 Å². The van der Waals surface area contributed by atoms with E-state index in [2.05, 4.69) is 5.32 Å². The zero-order valence-electron chi connectivity index (χ0n) is 16.3. The third-order valence-corrected chi connectivity index (χ3v) is 7.55. The molecular weight excluding hydrogens is 374 g/mol. The summed E-state index contributed by atoms with van der Waals surface area (Å²) in [4.78, 5) is 23.9. The minimum atomic E-state index is -1.19. The quantitative estimate of drug-likeness (QED) is 0.724. The number of hydrogen-bond donors (Lipinski definition) is 1. The molecule has 4 aliphatic carbocycles. The second kappa shape index (κ2) is 8.06. The van der Waals surface area contributed by atoms with Crippen molar-refractivity contribution in [1.29, 1.82) is 0 Å². The van der Waals surface area contributed by atoms with Gasteiger partial charge in [0.2, 0.25) is 5.91 Å². The molecule has 1 atom stereocenters. The van der Waals surface area contributed by atoms with Gasteiger partial charge in [0, 0.05) is 23.5 Å². The summed E-state index contributed by atoms with van der Waals surface area (Å²) in [5, 5.41) is 14.8. The predicted octanol–water partition coefficient (Wildman–Crippen LogP) is 3.36. The minimum absolute atomic E-state index is 0.177. The zero-order chi connectivity index (χ0) is 19.7. The Bertz CT molecular complexity index is 695. The fourth-order valence-electron chi connectivity index (χ4n) is 6.56. The normalized spacial score (nSPS) is 31.5. The van der Waals surface area contributed by atoms with E-state index in [1.54, 1.807) is 12.1 Å². The lowest BCUT2D eigenvalue weighted by molar-refractivity contribution is -0.306. The SMILES string of the molecule is O=C([O-])C[C@H](Cc1ccc(Cl)cc1)C(=O)NCCC12CC3CC(CC(C3)C1)C2. The molecule has 0 radical (unpaired) electrons. The van der Waals surface area contributed by atoms with Crippen molar-refractivity contribution < 1.29 is 14.7 Å². The molecule has 5 heteroatoms. The fourth-order valence-corrected chi connectivity index (χ4v) is 6.68. The third kappa shape index (κ3) is 4.53. The van der Waals surface area contributed by atoms with Crippen molar-refractivity contribution >= 4 is 23.5 Å². The highest BCUT2D eigenvalue weighted by Gasteiger charge is 2.50. The Morgan fingerprint density at radius 3 is 2.18 bits per heavy atom. The lowest BCUT2D eigenvalue weighted by Gasteiger charge is -2.57. The van der Waals surface area contributed by atoms with Gasteiger partial charge < -0.3 is 15.2 Å². The molecule has 0 saturated heterocycles. The number of aliphatic carboxylic acids is 1. The van der Waals surface area contributed by atoms with E-state index in [4.69, 9.17) is 11.6 Å². The third-order valence-electron chi connectivity index (χ3n) is 7.30. The minimum Gasteiger partial charge on any atom is -0.550 e. The molecule has 1 aromatic rings. The van der Waals surface area contributed by atoms with E-state index >= 15 is 0 Å². The van der Waals surface area contributed by atoms with Crippen molar-refractivity contribution in [2.75, 3.05) is 6.54 Å². The molecule has 28 heavy (non-hydrogen) atoms. The van der Waals surface area contributed by atoms with Gasteiger partial charge in [-0.3, -0.25) is 4.79 Å². The molecular formula is C23H29ClNO3-. The number of benzene rings is 1. The Morgan fingerprint density at radius 2 is 1.64 bits per heavy atom. The van der Waals surface area contributed by atoms with Gasteiger partial charge in [-0.25, -0.2) is 0 Å². The number of hydrogen-bond acceptors (Lipinski definition) is 3. The predicted molar refractivity (Wildman–Crippen MR) is 107 cm³/mol. The van der Waals surface area contributed by atoms with Crippen LogP contribution in [0, 0.1) is 29.1 Å². The first kappa shape index (κ1) is 19.8. The molecule has 1 N–H and O–H groups in total. The van der Waals surface area contributed by atoms with Gasteiger partial charge in [0.25, 0.3) is 0 Å². The number of carbonyl (C=O) groups excluding carboxylic acids is 2. The average molecular weight is 403 g/mol. The maximum absolute atomic E-state index is 12.7. The van der Waals surface area contributed by atoms with Gasteiger partial charge in [0.15, 0.2) is 0 Å². The summed E-state index contributed by atoms with van der Waals surface area (Å²) in [6, 6.07) is 7.20. The van der Waals surface area contributed by atoms with Gasteiger partial charge in [0.05, 0.1) is 0 Å². The van der Waals surface area contributed by atoms with Gasteiger partial charge >= 0.3 is 0 Å². The summed E-state index contributed by atoms with van der Waals surface area (Å²) in [5.41, 5.74) is 1.33. The summed E-state index contributed by atoms with van der Waals surface area (Å²) >= 11 is 5.91. The molecule has 1 amide bonds. The highest BCUT2D eigenvalue weighted by molar-refractivity contribution is 6.30. The first-order valence-electron chi connectivity index (χ1n) is 10.6. The summed E-state index contributed by atoms with van der Waals surface area (Å²) in [7, 11) is 0. The number of carboxylic acid groups (broad SMARTS) is 1. The lowest BCUT2D eigenvalue weighted by Crippen LogP contribution is -2.47. The fraction of sp³-hybridized carbons (Fsp3) is 0.652. The van der Waals surface area contributed by atoms with Gasteiger partial charge in [-0.15, -0.1) is 0 Å². The molecule has 4 fully saturated rings. The highest BCUT2D eigenvalue weighted by Crippen LogP contribution is 2.61. The molecule has 4 nitrogen and oxygen atoms in total. The highest BCUT2D eigenvalue weighted by atomic mass is 35.5. The van der Waals surface area contributed by atoms with Gasteiger partial charge in [0.1, 0.15) is 0 Å². The Kier molecular flexibility index (Phi) is 5.69. The van der Waals surface area contributed by atoms with Crippen LogP contribution in [0.4, 0.5) is 0 Å². The molecule has 4 bridgehead atoms. The van der Waals surface area contributed by atoms with Gasteiger partial charge in [-0.1, -0.05) is 23.7 Å². The van der Waals surface area contributed by atoms with Crippen LogP contribution in [0.3, 0.4) is 0 Å². The molecule has 0 aromatic heterocycles. The molecule has 152 valence electrons. The van der Waals surface area contributed by atoms with E-state index in [1.807, 2.05) is 12.1 Å². The molecule has 1 aromatic carbocycles. The van der Waals surface area contributed by atoms with Crippen molar-refractivity contribution in [3.8, 4) is 0 Å². The molecule has 0 unspecified atom stereocenters. The monoisotopic (exact) mass is 402 g/mol. The number of amides is 1. The smallest absolute Gasteiger partial charge is 0.223 e. The van der Waals surface area contributed by atoms with E-state index in [9.17, 15) is 14.7 Å². The Balaban J connectivity index is 1.32. The van der Waals surface area contributed by atoms with Gasteiger partial charge in [-0.05, 0) is 98.7 Å². The Morgan fingerprint density at radius 1 is 1.07 bits per heavy atom. The first-order valence-corrected chi connectivity index (χ1v) is 11.0. The average Bonchev–Trinajstić information content (AvgIpc) is 2.61. The van der Waals surface area contributed by atoms with Crippen LogP contribution in [0.25, 0.3) is 0 Å². The summed E-state index contributed by atoms with van der Waals surface area (Å²) in [5.74, 6) is 0.731. The summed E-state index contributed by atoms with van der Waals surface area (Å²) in [6.07, 6.45) is 9.37. The zero-order valence-corrected chi connectivity index (χ0v) is 17.0. The van der Waals surface area contributed by atoms with Crippen molar-refractivity contribution in [1.82, 2.24) is 5.32 Å². The largest absolute Gasteiger partial charge is 0.550 e. The van der Waals surface area contributed by atoms with E-state index < -0.39 is 11.9 Å². The second-order valence-corrected chi connectivity index (χ2v) is 10.00. The van der Waals surface area contributed by atoms with Crippen LogP contribution in [0.15, 0.2) is 24.3 Å². The molecule has 0 aliphatic heterocycles. The second-order valence-electron chi connectivity index (χ2n) is 9.56. The van der Waals surface area contributed by atoms with Crippen LogP contribution in [0.1, 0.15) is 56.9 Å². The lowest BCUT2D eigenvalue weighted by atomic mass is 9.49.